The molecular weight excluding hydrogens is 1300 g/mol. The average Bonchev–Trinajstić information content (AvgIpc) is 1.53. The van der Waals surface area contributed by atoms with Crippen LogP contribution in [-0.4, -0.2) is 0 Å². The fourth-order valence-corrected chi connectivity index (χ4v) is 20.2. The number of hydrogen-bond donors (Lipinski definition) is 0. The van der Waals surface area contributed by atoms with E-state index in [9.17, 15) is 0 Å². The molecule has 0 bridgehead atoms. The van der Waals surface area contributed by atoms with Crippen molar-refractivity contribution in [1.29, 1.82) is 0 Å². The molecular formula is C106H84N2. The molecule has 0 spiro atoms. The van der Waals surface area contributed by atoms with Gasteiger partial charge in [-0.2, -0.15) is 0 Å². The minimum absolute atomic E-state index is 0.0307. The zero-order valence-electron chi connectivity index (χ0n) is 63.3. The Hall–Kier alpha value is -12.1. The van der Waals surface area contributed by atoms with Crippen molar-refractivity contribution in [2.24, 2.45) is 0 Å². The number of hydrogen-bond acceptors (Lipinski definition) is 2. The fraction of sp³-hybridized carbons (Fsp3) is 0.151. The van der Waals surface area contributed by atoms with Gasteiger partial charge in [-0.05, 0) is 272 Å². The minimum Gasteiger partial charge on any atom is -0.310 e. The van der Waals surface area contributed by atoms with Crippen molar-refractivity contribution in [2.75, 3.05) is 9.80 Å². The van der Waals surface area contributed by atoms with Gasteiger partial charge in [0.2, 0.25) is 0 Å². The van der Waals surface area contributed by atoms with Crippen molar-refractivity contribution < 1.29 is 0 Å². The van der Waals surface area contributed by atoms with Gasteiger partial charge in [-0.1, -0.05) is 301 Å². The molecule has 0 N–H and O–H groups in total. The normalized spacial score (nSPS) is 14.9. The Morgan fingerprint density at radius 2 is 0.537 bits per heavy atom. The summed E-state index contributed by atoms with van der Waals surface area (Å²) in [5.41, 5.74) is 33.1. The zero-order chi connectivity index (χ0) is 73.2. The van der Waals surface area contributed by atoms with Crippen LogP contribution in [0.25, 0.3) is 131 Å². The molecule has 0 unspecified atom stereocenters. The number of rotatable bonds is 8. The second-order valence-electron chi connectivity index (χ2n) is 34.4. The van der Waals surface area contributed by atoms with Crippen molar-refractivity contribution in [3.8, 4) is 66.8 Å². The van der Waals surface area contributed by atoms with Crippen molar-refractivity contribution in [2.45, 2.75) is 103 Å². The molecule has 518 valence electrons. The second-order valence-corrected chi connectivity index (χ2v) is 34.4. The third kappa shape index (κ3) is 9.19. The third-order valence-electron chi connectivity index (χ3n) is 25.9. The average molecular weight is 1390 g/mol. The van der Waals surface area contributed by atoms with Crippen LogP contribution in [0.1, 0.15) is 126 Å². The van der Waals surface area contributed by atoms with Crippen molar-refractivity contribution in [3.63, 3.8) is 0 Å². The van der Waals surface area contributed by atoms with E-state index in [0.717, 1.165) is 34.1 Å². The Bertz CT molecular complexity index is 6780. The molecule has 0 aliphatic heterocycles. The minimum atomic E-state index is -0.288. The fourth-order valence-electron chi connectivity index (χ4n) is 20.2. The van der Waals surface area contributed by atoms with Crippen LogP contribution >= 0.6 is 0 Å². The molecule has 17 aromatic rings. The van der Waals surface area contributed by atoms with Crippen molar-refractivity contribution in [1.82, 2.24) is 0 Å². The lowest BCUT2D eigenvalue weighted by Gasteiger charge is -2.30. The maximum absolute atomic E-state index is 2.58. The van der Waals surface area contributed by atoms with Gasteiger partial charge in [0.1, 0.15) is 0 Å². The molecule has 21 rings (SSSR count). The van der Waals surface area contributed by atoms with E-state index in [1.54, 1.807) is 0 Å². The molecule has 4 aliphatic carbocycles. The second kappa shape index (κ2) is 22.7. The summed E-state index contributed by atoms with van der Waals surface area (Å²) >= 11 is 0. The van der Waals surface area contributed by atoms with E-state index in [2.05, 4.69) is 395 Å². The van der Waals surface area contributed by atoms with E-state index in [0.29, 0.717) is 0 Å². The molecule has 0 aromatic heterocycles. The first-order valence-corrected chi connectivity index (χ1v) is 38.7. The van der Waals surface area contributed by atoms with Crippen LogP contribution in [0.15, 0.2) is 309 Å². The predicted molar refractivity (Wildman–Crippen MR) is 461 cm³/mol. The third-order valence-corrected chi connectivity index (χ3v) is 25.9. The first-order valence-electron chi connectivity index (χ1n) is 38.7. The zero-order valence-corrected chi connectivity index (χ0v) is 63.3. The number of fused-ring (bicyclic) bond motifs is 21. The highest BCUT2D eigenvalue weighted by Crippen LogP contribution is 2.59. The monoisotopic (exact) mass is 1380 g/mol. The number of benzene rings is 17. The van der Waals surface area contributed by atoms with E-state index in [-0.39, 0.29) is 27.1 Å². The lowest BCUT2D eigenvalue weighted by Crippen LogP contribution is -2.17. The van der Waals surface area contributed by atoms with Crippen LogP contribution in [0.3, 0.4) is 0 Å². The highest BCUT2D eigenvalue weighted by atomic mass is 15.1. The van der Waals surface area contributed by atoms with Gasteiger partial charge in [-0.15, -0.1) is 0 Å². The Morgan fingerprint density at radius 1 is 0.204 bits per heavy atom. The largest absolute Gasteiger partial charge is 0.310 e. The van der Waals surface area contributed by atoms with Gasteiger partial charge in [-0.3, -0.25) is 0 Å². The first-order chi connectivity index (χ1) is 52.2. The molecule has 0 radical (unpaired) electrons. The Kier molecular flexibility index (Phi) is 13.5. The molecule has 0 atom stereocenters. The topological polar surface area (TPSA) is 6.48 Å². The highest BCUT2D eigenvalue weighted by Gasteiger charge is 2.42. The summed E-state index contributed by atoms with van der Waals surface area (Å²) in [7, 11) is 0. The maximum Gasteiger partial charge on any atom is 0.0468 e. The van der Waals surface area contributed by atoms with Crippen LogP contribution in [0.5, 0.6) is 0 Å². The summed E-state index contributed by atoms with van der Waals surface area (Å²) in [6.07, 6.45) is 0. The van der Waals surface area contributed by atoms with Crippen molar-refractivity contribution in [3.05, 3.63) is 359 Å². The van der Waals surface area contributed by atoms with Crippen LogP contribution in [0.2, 0.25) is 0 Å². The summed E-state index contributed by atoms with van der Waals surface area (Å²) in [6, 6.07) is 120. The quantitative estimate of drug-likeness (QED) is 0.140. The Morgan fingerprint density at radius 3 is 1.03 bits per heavy atom. The van der Waals surface area contributed by atoms with Gasteiger partial charge in [0.05, 0.1) is 0 Å². The van der Waals surface area contributed by atoms with Gasteiger partial charge in [0, 0.05) is 55.8 Å². The lowest BCUT2D eigenvalue weighted by molar-refractivity contribution is 0.590. The highest BCUT2D eigenvalue weighted by molar-refractivity contribution is 6.23. The van der Waals surface area contributed by atoms with Gasteiger partial charge in [0.25, 0.3) is 0 Å². The molecule has 0 fully saturated rings. The standard InChI is InChI=1S/C106H84N2/c1-102(2,3)70-38-41-71(42-39-70)107(75-43-49-81-80-30-20-21-31-89(80)103(4,5)95(81)61-75)73-44-50-82-87(59-73)97(68-33-47-84-93(57-68)104(6,7)90-53-35-64-23-14-17-27-77(64)99(84)90)83-51-45-74(60-88(83)98(82)69-34-48-85-94(58-69)105(8,9)91-54-36-65-24-15-18-28-78(65)100(85)91)108(72-40-32-63-22-12-13-26-67(63)56-72)76-46-52-86-96(62-76)106(10,11)92-55-37-66-25-16-19-29-79(66)101(86)92/h12-62H,1-11H3. The smallest absolute Gasteiger partial charge is 0.0468 e. The van der Waals surface area contributed by atoms with E-state index in [1.165, 1.54) is 181 Å². The predicted octanol–water partition coefficient (Wildman–Crippen LogP) is 29.4. The summed E-state index contributed by atoms with van der Waals surface area (Å²) < 4.78 is 0. The molecule has 0 saturated heterocycles. The Labute approximate surface area is 633 Å². The first kappa shape index (κ1) is 64.3. The van der Waals surface area contributed by atoms with E-state index < -0.39 is 0 Å². The van der Waals surface area contributed by atoms with E-state index in [1.807, 2.05) is 0 Å². The summed E-state index contributed by atoms with van der Waals surface area (Å²) in [6.45, 7) is 26.4. The van der Waals surface area contributed by atoms with Crippen LogP contribution in [0.4, 0.5) is 34.1 Å². The van der Waals surface area contributed by atoms with Crippen molar-refractivity contribution >= 4 is 98.8 Å². The molecule has 2 nitrogen and oxygen atoms in total. The summed E-state index contributed by atoms with van der Waals surface area (Å²) in [5.74, 6) is 0. The number of anilines is 6. The van der Waals surface area contributed by atoms with Crippen LogP contribution in [-0.2, 0) is 27.1 Å². The van der Waals surface area contributed by atoms with E-state index >= 15 is 0 Å². The van der Waals surface area contributed by atoms with Crippen LogP contribution < -0.4 is 9.80 Å². The summed E-state index contributed by atoms with van der Waals surface area (Å²) in [5, 5.41) is 14.9. The molecule has 17 aromatic carbocycles. The van der Waals surface area contributed by atoms with Gasteiger partial charge >= 0.3 is 0 Å². The SMILES string of the molecule is CC(C)(C)c1ccc(N(c2ccc3c(c2)C(C)(C)c2ccccc2-3)c2ccc3c(-c4ccc5c(c4)C(C)(C)c4ccc6ccccc6c4-5)c4cc(N(c5ccc6c(c5)C(C)(C)c5ccc7ccccc7c5-6)c5ccc6ccccc6c5)ccc4c(-c4ccc5c(c4)C(C)(C)c4ccc6ccccc6c4-5)c3c2)cc1. The lowest BCUT2D eigenvalue weighted by atomic mass is 9.79. The molecule has 0 saturated carbocycles. The van der Waals surface area contributed by atoms with Crippen LogP contribution in [0, 0.1) is 0 Å². The summed E-state index contributed by atoms with van der Waals surface area (Å²) in [4.78, 5) is 5.08. The van der Waals surface area contributed by atoms with Gasteiger partial charge in [0.15, 0.2) is 0 Å². The van der Waals surface area contributed by atoms with Gasteiger partial charge in [-0.25, -0.2) is 0 Å². The maximum atomic E-state index is 2.58. The molecule has 4 aliphatic rings. The Balaban J connectivity index is 0.864. The molecule has 0 amide bonds. The number of nitrogens with zero attached hydrogens (tertiary/aromatic N) is 2. The molecule has 0 heterocycles. The van der Waals surface area contributed by atoms with Gasteiger partial charge < -0.3 is 9.80 Å². The van der Waals surface area contributed by atoms with E-state index in [4.69, 9.17) is 0 Å². The molecule has 2 heteroatoms. The molecule has 108 heavy (non-hydrogen) atoms.